The molecule has 0 unspecified atom stereocenters. The van der Waals surface area contributed by atoms with E-state index in [1.54, 1.807) is 6.20 Å². The van der Waals surface area contributed by atoms with E-state index in [4.69, 9.17) is 9.97 Å². The third-order valence-corrected chi connectivity index (χ3v) is 13.1. The molecule has 0 N–H and O–H groups in total. The summed E-state index contributed by atoms with van der Waals surface area (Å²) >= 11 is 0. The predicted molar refractivity (Wildman–Crippen MR) is 267 cm³/mol. The van der Waals surface area contributed by atoms with Gasteiger partial charge in [-0.05, 0) is 96.2 Å². The molecule has 0 saturated heterocycles. The van der Waals surface area contributed by atoms with Crippen LogP contribution in [0, 0.1) is 0 Å². The van der Waals surface area contributed by atoms with Crippen molar-refractivity contribution in [2.75, 3.05) is 0 Å². The molecule has 65 heavy (non-hydrogen) atoms. The van der Waals surface area contributed by atoms with Crippen molar-refractivity contribution in [2.24, 2.45) is 0 Å². The highest BCUT2D eigenvalue weighted by atomic mass is 14.9. The van der Waals surface area contributed by atoms with Crippen molar-refractivity contribution >= 4 is 10.8 Å². The number of hydrogen-bond donors (Lipinski definition) is 0. The molecule has 0 bridgehead atoms. The summed E-state index contributed by atoms with van der Waals surface area (Å²) in [5, 5.41) is 2.31. The van der Waals surface area contributed by atoms with Crippen molar-refractivity contribution in [3.05, 3.63) is 271 Å². The average molecular weight is 828 g/mol. The first kappa shape index (κ1) is 38.2. The molecule has 3 heteroatoms. The Balaban J connectivity index is 0.970. The topological polar surface area (TPSA) is 38.7 Å². The predicted octanol–water partition coefficient (Wildman–Crippen LogP) is 15.4. The summed E-state index contributed by atoms with van der Waals surface area (Å²) in [6.07, 6.45) is 3.71. The lowest BCUT2D eigenvalue weighted by molar-refractivity contribution is 0.768. The molecule has 9 aromatic carbocycles. The summed E-state index contributed by atoms with van der Waals surface area (Å²) in [7, 11) is 0. The minimum absolute atomic E-state index is 0.439. The monoisotopic (exact) mass is 827 g/mol. The van der Waals surface area contributed by atoms with Crippen molar-refractivity contribution in [2.45, 2.75) is 5.41 Å². The molecule has 0 radical (unpaired) electrons. The second-order valence-electron chi connectivity index (χ2n) is 16.7. The van der Waals surface area contributed by atoms with E-state index in [2.05, 4.69) is 217 Å². The van der Waals surface area contributed by atoms with E-state index in [0.717, 1.165) is 55.7 Å². The van der Waals surface area contributed by atoms with Crippen LogP contribution in [0.15, 0.2) is 249 Å². The van der Waals surface area contributed by atoms with Crippen LogP contribution in [0.5, 0.6) is 0 Å². The minimum Gasteiger partial charge on any atom is -0.264 e. The van der Waals surface area contributed by atoms with Gasteiger partial charge in [0.05, 0.1) is 16.8 Å². The molecule has 2 aromatic heterocycles. The first-order valence-electron chi connectivity index (χ1n) is 22.2. The lowest BCUT2D eigenvalue weighted by Crippen LogP contribution is -2.28. The molecule has 12 rings (SSSR count). The van der Waals surface area contributed by atoms with Gasteiger partial charge in [0.25, 0.3) is 0 Å². The van der Waals surface area contributed by atoms with Crippen LogP contribution in [0.2, 0.25) is 0 Å². The van der Waals surface area contributed by atoms with Crippen LogP contribution < -0.4 is 0 Å². The molecule has 0 saturated carbocycles. The first-order valence-corrected chi connectivity index (χ1v) is 22.2. The maximum Gasteiger partial charge on any atom is 0.160 e. The number of nitrogens with zero attached hydrogens (tertiary/aromatic N) is 3. The van der Waals surface area contributed by atoms with Gasteiger partial charge < -0.3 is 0 Å². The zero-order valence-corrected chi connectivity index (χ0v) is 35.5. The number of rotatable bonds is 8. The summed E-state index contributed by atoms with van der Waals surface area (Å²) in [5.41, 5.74) is 18.9. The van der Waals surface area contributed by atoms with E-state index in [1.165, 1.54) is 49.9 Å². The van der Waals surface area contributed by atoms with E-state index >= 15 is 0 Å². The molecule has 0 amide bonds. The van der Waals surface area contributed by atoms with E-state index < -0.39 is 5.41 Å². The second-order valence-corrected chi connectivity index (χ2v) is 16.7. The van der Waals surface area contributed by atoms with Gasteiger partial charge in [0.1, 0.15) is 0 Å². The molecule has 11 aromatic rings. The zero-order valence-electron chi connectivity index (χ0n) is 35.5. The van der Waals surface area contributed by atoms with Gasteiger partial charge in [-0.3, -0.25) is 4.98 Å². The lowest BCUT2D eigenvalue weighted by Gasteiger charge is -2.33. The Morgan fingerprint density at radius 2 is 0.846 bits per heavy atom. The van der Waals surface area contributed by atoms with Crippen molar-refractivity contribution in [1.29, 1.82) is 0 Å². The van der Waals surface area contributed by atoms with Crippen LogP contribution in [0.4, 0.5) is 0 Å². The third kappa shape index (κ3) is 6.56. The SMILES string of the molecule is c1ccc(-c2nc(-c3ccc(-c4cccc(-c5cccnc5)c4)cc3)cc(-c3ccc(-c4ccc5c(c4)-c4ccccc4C5(c4ccccc4)c4ccccc4)c4ccccc34)n2)cc1. The fourth-order valence-corrected chi connectivity index (χ4v) is 10.1. The minimum atomic E-state index is -0.439. The summed E-state index contributed by atoms with van der Waals surface area (Å²) in [6, 6.07) is 85.1. The molecule has 1 aliphatic rings. The smallest absolute Gasteiger partial charge is 0.160 e. The normalized spacial score (nSPS) is 12.4. The van der Waals surface area contributed by atoms with E-state index in [1.807, 2.05) is 30.5 Å². The Morgan fingerprint density at radius 3 is 1.57 bits per heavy atom. The fraction of sp³-hybridized carbons (Fsp3) is 0.0161. The van der Waals surface area contributed by atoms with E-state index in [0.29, 0.717) is 5.82 Å². The van der Waals surface area contributed by atoms with Crippen LogP contribution in [-0.2, 0) is 5.41 Å². The van der Waals surface area contributed by atoms with Crippen molar-refractivity contribution in [1.82, 2.24) is 15.0 Å². The van der Waals surface area contributed by atoms with Gasteiger partial charge in [0.15, 0.2) is 5.82 Å². The van der Waals surface area contributed by atoms with Crippen LogP contribution in [-0.4, -0.2) is 15.0 Å². The average Bonchev–Trinajstić information content (AvgIpc) is 3.69. The molecule has 0 spiro atoms. The van der Waals surface area contributed by atoms with Gasteiger partial charge in [-0.25, -0.2) is 9.97 Å². The molecule has 0 aliphatic heterocycles. The van der Waals surface area contributed by atoms with E-state index in [9.17, 15) is 0 Å². The molecule has 2 heterocycles. The summed E-state index contributed by atoms with van der Waals surface area (Å²) in [6.45, 7) is 0. The van der Waals surface area contributed by atoms with Crippen molar-refractivity contribution < 1.29 is 0 Å². The van der Waals surface area contributed by atoms with Crippen LogP contribution >= 0.6 is 0 Å². The van der Waals surface area contributed by atoms with Crippen molar-refractivity contribution in [3.8, 4) is 78.4 Å². The Labute approximate surface area is 379 Å². The molecule has 1 aliphatic carbocycles. The fourth-order valence-electron chi connectivity index (χ4n) is 10.1. The molecule has 0 fully saturated rings. The number of fused-ring (bicyclic) bond motifs is 4. The van der Waals surface area contributed by atoms with Crippen LogP contribution in [0.3, 0.4) is 0 Å². The van der Waals surface area contributed by atoms with Gasteiger partial charge in [-0.2, -0.15) is 0 Å². The summed E-state index contributed by atoms with van der Waals surface area (Å²) < 4.78 is 0. The van der Waals surface area contributed by atoms with Gasteiger partial charge in [-0.15, -0.1) is 0 Å². The number of benzene rings is 9. The molecule has 3 nitrogen and oxygen atoms in total. The maximum absolute atomic E-state index is 5.29. The Kier molecular flexibility index (Phi) is 9.39. The number of pyridine rings is 1. The zero-order chi connectivity index (χ0) is 43.2. The van der Waals surface area contributed by atoms with Gasteiger partial charge in [0, 0.05) is 34.6 Å². The van der Waals surface area contributed by atoms with Crippen LogP contribution in [0.25, 0.3) is 89.2 Å². The lowest BCUT2D eigenvalue weighted by atomic mass is 9.67. The number of hydrogen-bond acceptors (Lipinski definition) is 3. The largest absolute Gasteiger partial charge is 0.264 e. The summed E-state index contributed by atoms with van der Waals surface area (Å²) in [4.78, 5) is 14.8. The highest BCUT2D eigenvalue weighted by Crippen LogP contribution is 2.57. The Hall–Kier alpha value is -8.53. The quantitative estimate of drug-likeness (QED) is 0.153. The maximum atomic E-state index is 5.29. The summed E-state index contributed by atoms with van der Waals surface area (Å²) in [5.74, 6) is 0.692. The number of aromatic nitrogens is 3. The highest BCUT2D eigenvalue weighted by Gasteiger charge is 2.46. The van der Waals surface area contributed by atoms with Crippen LogP contribution in [0.1, 0.15) is 22.3 Å². The van der Waals surface area contributed by atoms with Gasteiger partial charge >= 0.3 is 0 Å². The third-order valence-electron chi connectivity index (χ3n) is 13.1. The Morgan fingerprint density at radius 1 is 0.292 bits per heavy atom. The van der Waals surface area contributed by atoms with E-state index in [-0.39, 0.29) is 0 Å². The second kappa shape index (κ2) is 16.0. The molecule has 304 valence electrons. The molecular formula is C62H41N3. The van der Waals surface area contributed by atoms with Gasteiger partial charge in [0.2, 0.25) is 0 Å². The van der Waals surface area contributed by atoms with Crippen molar-refractivity contribution in [3.63, 3.8) is 0 Å². The molecular weight excluding hydrogens is 787 g/mol. The first-order chi connectivity index (χ1) is 32.2. The molecule has 0 atom stereocenters. The van der Waals surface area contributed by atoms with Gasteiger partial charge in [-0.1, -0.05) is 212 Å². The Bertz CT molecular complexity index is 3470. The standard InChI is InChI=1S/C62H41N3/c1-4-16-44(17-5-1)61-64-59(43-31-29-42(30-32-43)45-18-14-19-46(38-45)48-20-15-37-63-41-48)40-60(65-61)55-35-34-51(52-25-10-11-26-53(52)55)47-33-36-58-56(39-47)54-27-12-13-28-57(54)62(58,49-21-6-2-7-22-49)50-23-8-3-9-24-50/h1-41H. The highest BCUT2D eigenvalue weighted by molar-refractivity contribution is 6.05.